The molecule has 140 valence electrons. The van der Waals surface area contributed by atoms with Crippen LogP contribution >= 0.6 is 0 Å². The molecule has 2 fully saturated rings. The Hall–Kier alpha value is -1.88. The number of fused-ring (bicyclic) bond motifs is 1. The molecule has 5 heteroatoms. The highest BCUT2D eigenvalue weighted by Crippen LogP contribution is 2.35. The van der Waals surface area contributed by atoms with E-state index in [2.05, 4.69) is 34.4 Å². The third-order valence-electron chi connectivity index (χ3n) is 6.32. The molecule has 2 aliphatic rings. The fraction of sp³-hybridized carbons (Fsp3) is 0.619. The first-order valence-corrected chi connectivity index (χ1v) is 10.1. The molecule has 0 bridgehead atoms. The molecule has 2 aromatic rings. The van der Waals surface area contributed by atoms with Crippen molar-refractivity contribution in [1.82, 2.24) is 20.2 Å². The second-order valence-electron chi connectivity index (χ2n) is 8.14. The van der Waals surface area contributed by atoms with Crippen LogP contribution in [0.25, 0.3) is 11.0 Å². The van der Waals surface area contributed by atoms with E-state index >= 15 is 0 Å². The van der Waals surface area contributed by atoms with Crippen LogP contribution in [-0.4, -0.2) is 47.0 Å². The molecular weight excluding hydrogens is 324 g/mol. The number of carbonyl (C=O) groups excluding carboxylic acids is 1. The van der Waals surface area contributed by atoms with Crippen LogP contribution in [0.1, 0.15) is 56.7 Å². The highest BCUT2D eigenvalue weighted by molar-refractivity contribution is 5.76. The summed E-state index contributed by atoms with van der Waals surface area (Å²) >= 11 is 0. The van der Waals surface area contributed by atoms with Crippen LogP contribution in [0.4, 0.5) is 0 Å². The number of likely N-dealkylation sites (tertiary alicyclic amines) is 1. The lowest BCUT2D eigenvalue weighted by Crippen LogP contribution is -2.36. The van der Waals surface area contributed by atoms with Gasteiger partial charge in [0.15, 0.2) is 0 Å². The molecule has 0 unspecified atom stereocenters. The normalized spacial score (nSPS) is 27.0. The van der Waals surface area contributed by atoms with E-state index in [9.17, 15) is 4.79 Å². The number of nitrogens with zero attached hydrogens (tertiary/aromatic N) is 2. The van der Waals surface area contributed by atoms with Gasteiger partial charge in [0.25, 0.3) is 0 Å². The zero-order valence-corrected chi connectivity index (χ0v) is 15.7. The monoisotopic (exact) mass is 354 g/mol. The van der Waals surface area contributed by atoms with Crippen molar-refractivity contribution in [3.63, 3.8) is 0 Å². The molecule has 5 nitrogen and oxygen atoms in total. The van der Waals surface area contributed by atoms with Gasteiger partial charge in [0.05, 0.1) is 11.0 Å². The maximum Gasteiger partial charge on any atom is 0.221 e. The molecule has 1 amide bonds. The molecule has 1 aromatic heterocycles. The number of carbonyl (C=O) groups is 1. The fourth-order valence-electron chi connectivity index (χ4n) is 4.59. The topological polar surface area (TPSA) is 61.0 Å². The lowest BCUT2D eigenvalue weighted by atomic mass is 9.81. The van der Waals surface area contributed by atoms with Gasteiger partial charge in [0.2, 0.25) is 5.91 Å². The van der Waals surface area contributed by atoms with Crippen molar-refractivity contribution in [2.75, 3.05) is 20.1 Å². The molecule has 1 aliphatic heterocycles. The summed E-state index contributed by atoms with van der Waals surface area (Å²) in [6.07, 6.45) is 7.70. The van der Waals surface area contributed by atoms with E-state index in [0.29, 0.717) is 24.3 Å². The summed E-state index contributed by atoms with van der Waals surface area (Å²) in [7, 11) is 2.13. The molecule has 1 aliphatic carbocycles. The van der Waals surface area contributed by atoms with Crippen molar-refractivity contribution >= 4 is 16.9 Å². The van der Waals surface area contributed by atoms with E-state index in [1.165, 1.54) is 19.3 Å². The van der Waals surface area contributed by atoms with Crippen LogP contribution in [0.15, 0.2) is 24.3 Å². The number of para-hydroxylation sites is 2. The Morgan fingerprint density at radius 2 is 2.04 bits per heavy atom. The Morgan fingerprint density at radius 1 is 1.23 bits per heavy atom. The molecule has 1 saturated carbocycles. The van der Waals surface area contributed by atoms with Gasteiger partial charge in [-0.05, 0) is 70.2 Å². The Kier molecular flexibility index (Phi) is 5.25. The molecule has 0 radical (unpaired) electrons. The number of imidazole rings is 1. The Labute approximate surface area is 155 Å². The predicted molar refractivity (Wildman–Crippen MR) is 104 cm³/mol. The van der Waals surface area contributed by atoms with Crippen molar-refractivity contribution in [2.45, 2.75) is 56.9 Å². The van der Waals surface area contributed by atoms with E-state index in [1.54, 1.807) is 0 Å². The zero-order chi connectivity index (χ0) is 17.9. The van der Waals surface area contributed by atoms with Gasteiger partial charge in [-0.25, -0.2) is 4.98 Å². The van der Waals surface area contributed by atoms with Crippen LogP contribution in [0, 0.1) is 5.92 Å². The SMILES string of the molecule is CN1CCC[C@H]1CC(=O)NCC1CCC(c2nc3ccccc3[nH]2)CC1. The van der Waals surface area contributed by atoms with Crippen molar-refractivity contribution in [3.05, 3.63) is 30.1 Å². The van der Waals surface area contributed by atoms with Gasteiger partial charge in [-0.3, -0.25) is 4.79 Å². The summed E-state index contributed by atoms with van der Waals surface area (Å²) in [6, 6.07) is 8.69. The largest absolute Gasteiger partial charge is 0.356 e. The van der Waals surface area contributed by atoms with Gasteiger partial charge in [-0.1, -0.05) is 12.1 Å². The standard InChI is InChI=1S/C21H30N4O/c1-25-12-4-5-17(25)13-20(26)22-14-15-8-10-16(11-9-15)21-23-18-6-2-3-7-19(18)24-21/h2-3,6-7,15-17H,4-5,8-14H2,1H3,(H,22,26)(H,23,24)/t15?,16?,17-/m0/s1. The number of aromatic amines is 1. The van der Waals surface area contributed by atoms with E-state index in [-0.39, 0.29) is 5.91 Å². The summed E-state index contributed by atoms with van der Waals surface area (Å²) in [5.41, 5.74) is 2.20. The van der Waals surface area contributed by atoms with Crippen molar-refractivity contribution in [2.24, 2.45) is 5.92 Å². The first kappa shape index (κ1) is 17.5. The van der Waals surface area contributed by atoms with Gasteiger partial charge in [-0.15, -0.1) is 0 Å². The van der Waals surface area contributed by atoms with Gasteiger partial charge in [0.1, 0.15) is 5.82 Å². The molecule has 1 atom stereocenters. The van der Waals surface area contributed by atoms with E-state index in [0.717, 1.165) is 49.2 Å². The number of hydrogen-bond acceptors (Lipinski definition) is 3. The number of aromatic nitrogens is 2. The summed E-state index contributed by atoms with van der Waals surface area (Å²) in [5.74, 6) is 2.50. The number of amides is 1. The smallest absolute Gasteiger partial charge is 0.221 e. The average Bonchev–Trinajstić information content (AvgIpc) is 3.27. The maximum absolute atomic E-state index is 12.2. The number of nitrogens with one attached hydrogen (secondary N) is 2. The Morgan fingerprint density at radius 3 is 2.77 bits per heavy atom. The highest BCUT2D eigenvalue weighted by Gasteiger charge is 2.26. The number of rotatable bonds is 5. The number of hydrogen-bond donors (Lipinski definition) is 2. The zero-order valence-electron chi connectivity index (χ0n) is 15.7. The molecule has 1 aromatic carbocycles. The van der Waals surface area contributed by atoms with Crippen molar-refractivity contribution < 1.29 is 4.79 Å². The first-order valence-electron chi connectivity index (χ1n) is 10.1. The minimum absolute atomic E-state index is 0.225. The molecule has 2 N–H and O–H groups in total. The number of benzene rings is 1. The third-order valence-corrected chi connectivity index (χ3v) is 6.32. The van der Waals surface area contributed by atoms with Crippen LogP contribution in [0.3, 0.4) is 0 Å². The minimum Gasteiger partial charge on any atom is -0.356 e. The summed E-state index contributed by atoms with van der Waals surface area (Å²) in [6.45, 7) is 1.96. The summed E-state index contributed by atoms with van der Waals surface area (Å²) < 4.78 is 0. The van der Waals surface area contributed by atoms with E-state index in [1.807, 2.05) is 12.1 Å². The first-order chi connectivity index (χ1) is 12.7. The van der Waals surface area contributed by atoms with Crippen molar-refractivity contribution in [3.8, 4) is 0 Å². The lowest BCUT2D eigenvalue weighted by Gasteiger charge is -2.27. The maximum atomic E-state index is 12.2. The van der Waals surface area contributed by atoms with Crippen LogP contribution in [0.2, 0.25) is 0 Å². The molecular formula is C21H30N4O. The third kappa shape index (κ3) is 3.93. The van der Waals surface area contributed by atoms with Gasteiger partial charge < -0.3 is 15.2 Å². The quantitative estimate of drug-likeness (QED) is 0.865. The van der Waals surface area contributed by atoms with Crippen molar-refractivity contribution in [1.29, 1.82) is 0 Å². The molecule has 26 heavy (non-hydrogen) atoms. The lowest BCUT2D eigenvalue weighted by molar-refractivity contribution is -0.122. The second kappa shape index (κ2) is 7.78. The predicted octanol–water partition coefficient (Wildman–Crippen LogP) is 3.44. The van der Waals surface area contributed by atoms with E-state index in [4.69, 9.17) is 4.98 Å². The Balaban J connectivity index is 1.23. The number of H-pyrrole nitrogens is 1. The van der Waals surface area contributed by atoms with Gasteiger partial charge >= 0.3 is 0 Å². The van der Waals surface area contributed by atoms with Crippen LogP contribution < -0.4 is 5.32 Å². The minimum atomic E-state index is 0.225. The second-order valence-corrected chi connectivity index (χ2v) is 8.14. The Bertz CT molecular complexity index is 714. The van der Waals surface area contributed by atoms with Gasteiger partial charge in [-0.2, -0.15) is 0 Å². The van der Waals surface area contributed by atoms with Crippen LogP contribution in [0.5, 0.6) is 0 Å². The summed E-state index contributed by atoms with van der Waals surface area (Å²) in [4.78, 5) is 22.8. The molecule has 1 saturated heterocycles. The van der Waals surface area contributed by atoms with Crippen LogP contribution in [-0.2, 0) is 4.79 Å². The molecule has 4 rings (SSSR count). The molecule has 2 heterocycles. The highest BCUT2D eigenvalue weighted by atomic mass is 16.1. The van der Waals surface area contributed by atoms with Gasteiger partial charge in [0, 0.05) is 24.9 Å². The van der Waals surface area contributed by atoms with E-state index < -0.39 is 0 Å². The average molecular weight is 354 g/mol. The molecule has 0 spiro atoms. The fourth-order valence-corrected chi connectivity index (χ4v) is 4.59. The summed E-state index contributed by atoms with van der Waals surface area (Å²) in [5, 5.41) is 3.19.